The van der Waals surface area contributed by atoms with E-state index in [2.05, 4.69) is 15.6 Å². The highest BCUT2D eigenvalue weighted by atomic mass is 19.2. The van der Waals surface area contributed by atoms with Crippen LogP contribution in [0.4, 0.5) is 20.2 Å². The van der Waals surface area contributed by atoms with Crippen LogP contribution < -0.4 is 10.6 Å². The van der Waals surface area contributed by atoms with Gasteiger partial charge in [-0.25, -0.2) is 8.78 Å². The van der Waals surface area contributed by atoms with Crippen LogP contribution in [-0.2, 0) is 9.59 Å². The minimum absolute atomic E-state index is 0.102. The van der Waals surface area contributed by atoms with Gasteiger partial charge in [-0.15, -0.1) is 0 Å². The summed E-state index contributed by atoms with van der Waals surface area (Å²) in [5.41, 5.74) is 0.0295. The summed E-state index contributed by atoms with van der Waals surface area (Å²) in [4.78, 5) is 29.6. The van der Waals surface area contributed by atoms with Crippen LogP contribution in [0.3, 0.4) is 0 Å². The van der Waals surface area contributed by atoms with E-state index in [0.717, 1.165) is 17.5 Å². The topological polar surface area (TPSA) is 71.1 Å². The van der Waals surface area contributed by atoms with Gasteiger partial charge in [0, 0.05) is 23.3 Å². The van der Waals surface area contributed by atoms with Crippen molar-refractivity contribution in [3.63, 3.8) is 0 Å². The van der Waals surface area contributed by atoms with Crippen molar-refractivity contribution in [2.75, 3.05) is 10.6 Å². The zero-order chi connectivity index (χ0) is 19.0. The number of fused-ring (bicyclic) bond motifs is 1. The molecule has 0 aliphatic heterocycles. The number of amides is 2. The third kappa shape index (κ3) is 3.12. The number of nitrogens with one attached hydrogen (secondary N) is 2. The van der Waals surface area contributed by atoms with E-state index in [1.165, 1.54) is 6.07 Å². The summed E-state index contributed by atoms with van der Waals surface area (Å²) in [5.74, 6) is -3.06. The Hall–Kier alpha value is -3.35. The first-order valence-electron chi connectivity index (χ1n) is 8.41. The van der Waals surface area contributed by atoms with Gasteiger partial charge < -0.3 is 10.6 Å². The molecule has 1 heterocycles. The van der Waals surface area contributed by atoms with Crippen LogP contribution in [0.1, 0.15) is 12.8 Å². The van der Waals surface area contributed by atoms with E-state index in [-0.39, 0.29) is 5.69 Å². The molecule has 1 aliphatic rings. The Labute approximate surface area is 153 Å². The van der Waals surface area contributed by atoms with Crippen molar-refractivity contribution in [3.8, 4) is 0 Å². The zero-order valence-electron chi connectivity index (χ0n) is 14.1. The molecule has 0 bridgehead atoms. The lowest BCUT2D eigenvalue weighted by atomic mass is 10.0. The number of pyridine rings is 1. The molecule has 1 aromatic heterocycles. The summed E-state index contributed by atoms with van der Waals surface area (Å²) < 4.78 is 26.3. The lowest BCUT2D eigenvalue weighted by Gasteiger charge is -2.16. The molecule has 1 aliphatic carbocycles. The molecule has 4 rings (SSSR count). The Morgan fingerprint density at radius 3 is 2.41 bits per heavy atom. The summed E-state index contributed by atoms with van der Waals surface area (Å²) in [7, 11) is 0. The van der Waals surface area contributed by atoms with E-state index in [0.29, 0.717) is 24.0 Å². The van der Waals surface area contributed by atoms with Crippen molar-refractivity contribution in [2.45, 2.75) is 12.8 Å². The molecule has 0 atom stereocenters. The Kier molecular flexibility index (Phi) is 4.07. The number of anilines is 2. The minimum Gasteiger partial charge on any atom is -0.325 e. The van der Waals surface area contributed by atoms with E-state index in [1.807, 2.05) is 12.1 Å². The zero-order valence-corrected chi connectivity index (χ0v) is 14.1. The minimum atomic E-state index is -1.22. The van der Waals surface area contributed by atoms with Crippen molar-refractivity contribution in [3.05, 3.63) is 66.4 Å². The van der Waals surface area contributed by atoms with E-state index < -0.39 is 28.9 Å². The maximum atomic E-state index is 13.3. The molecule has 5 nitrogen and oxygen atoms in total. The van der Waals surface area contributed by atoms with Gasteiger partial charge in [0.15, 0.2) is 11.6 Å². The van der Waals surface area contributed by atoms with Crippen molar-refractivity contribution in [1.82, 2.24) is 4.98 Å². The fourth-order valence-electron chi connectivity index (χ4n) is 2.95. The summed E-state index contributed by atoms with van der Waals surface area (Å²) in [5, 5.41) is 6.14. The van der Waals surface area contributed by atoms with Gasteiger partial charge in [-0.3, -0.25) is 14.6 Å². The number of aromatic nitrogens is 1. The van der Waals surface area contributed by atoms with Crippen LogP contribution >= 0.6 is 0 Å². The van der Waals surface area contributed by atoms with E-state index >= 15 is 0 Å². The Bertz CT molecular complexity index is 1060. The van der Waals surface area contributed by atoms with Crippen LogP contribution in [0, 0.1) is 17.0 Å². The maximum Gasteiger partial charge on any atom is 0.240 e. The van der Waals surface area contributed by atoms with E-state index in [9.17, 15) is 18.4 Å². The number of para-hydroxylation sites is 1. The molecule has 0 spiro atoms. The molecule has 27 heavy (non-hydrogen) atoms. The molecule has 7 heteroatoms. The average Bonchev–Trinajstić information content (AvgIpc) is 3.47. The second kappa shape index (κ2) is 6.42. The number of halogens is 2. The van der Waals surface area contributed by atoms with E-state index in [1.54, 1.807) is 24.4 Å². The van der Waals surface area contributed by atoms with Gasteiger partial charge in [0.2, 0.25) is 11.8 Å². The first-order valence-corrected chi connectivity index (χ1v) is 8.41. The number of rotatable bonds is 4. The molecular weight excluding hydrogens is 352 g/mol. The molecule has 136 valence electrons. The van der Waals surface area contributed by atoms with Gasteiger partial charge in [0.05, 0.1) is 11.2 Å². The van der Waals surface area contributed by atoms with Crippen LogP contribution in [0.15, 0.2) is 54.7 Å². The lowest BCUT2D eigenvalue weighted by molar-refractivity contribution is -0.131. The number of nitrogens with zero attached hydrogens (tertiary/aromatic N) is 1. The fraction of sp³-hybridized carbons (Fsp3) is 0.150. The maximum absolute atomic E-state index is 13.3. The summed E-state index contributed by atoms with van der Waals surface area (Å²) in [6, 6.07) is 12.1. The molecule has 3 aromatic rings. The smallest absolute Gasteiger partial charge is 0.240 e. The normalized spacial score (nSPS) is 14.6. The largest absolute Gasteiger partial charge is 0.325 e. The Morgan fingerprint density at radius 1 is 0.926 bits per heavy atom. The van der Waals surface area contributed by atoms with Gasteiger partial charge in [0.25, 0.3) is 0 Å². The summed E-state index contributed by atoms with van der Waals surface area (Å²) in [6.07, 6.45) is 2.39. The highest BCUT2D eigenvalue weighted by molar-refractivity contribution is 6.18. The first kappa shape index (κ1) is 17.1. The number of benzene rings is 2. The molecule has 0 radical (unpaired) electrons. The second-order valence-corrected chi connectivity index (χ2v) is 6.50. The van der Waals surface area contributed by atoms with Crippen LogP contribution in [-0.4, -0.2) is 16.8 Å². The molecule has 2 aromatic carbocycles. The molecule has 0 unspecified atom stereocenters. The van der Waals surface area contributed by atoms with Gasteiger partial charge in [-0.05, 0) is 37.1 Å². The van der Waals surface area contributed by atoms with Gasteiger partial charge >= 0.3 is 0 Å². The van der Waals surface area contributed by atoms with Gasteiger partial charge in [0.1, 0.15) is 5.41 Å². The van der Waals surface area contributed by atoms with Crippen molar-refractivity contribution in [2.24, 2.45) is 5.41 Å². The van der Waals surface area contributed by atoms with Crippen LogP contribution in [0.5, 0.6) is 0 Å². The monoisotopic (exact) mass is 367 g/mol. The quantitative estimate of drug-likeness (QED) is 0.688. The average molecular weight is 367 g/mol. The summed E-state index contributed by atoms with van der Waals surface area (Å²) >= 11 is 0. The Morgan fingerprint density at radius 2 is 1.67 bits per heavy atom. The standard InChI is InChI=1S/C20H15F2N3O2/c21-14-7-6-13(11-15(14)22)24-18(26)20(8-9-20)19(27)25-16-5-1-3-12-4-2-10-23-17(12)16/h1-7,10-11H,8-9H2,(H,24,26)(H,25,27). The number of hydrogen-bond acceptors (Lipinski definition) is 3. The number of hydrogen-bond donors (Lipinski definition) is 2. The van der Waals surface area contributed by atoms with Crippen molar-refractivity contribution >= 4 is 34.1 Å². The Balaban J connectivity index is 1.54. The molecule has 2 amide bonds. The molecular formula is C20H15F2N3O2. The third-order valence-electron chi connectivity index (χ3n) is 4.68. The molecule has 1 fully saturated rings. The van der Waals surface area contributed by atoms with Crippen molar-refractivity contribution in [1.29, 1.82) is 0 Å². The van der Waals surface area contributed by atoms with Gasteiger partial charge in [-0.2, -0.15) is 0 Å². The highest BCUT2D eigenvalue weighted by Crippen LogP contribution is 2.47. The predicted octanol–water partition coefficient (Wildman–Crippen LogP) is 3.87. The van der Waals surface area contributed by atoms with Crippen LogP contribution in [0.2, 0.25) is 0 Å². The van der Waals surface area contributed by atoms with Gasteiger partial charge in [-0.1, -0.05) is 18.2 Å². The van der Waals surface area contributed by atoms with E-state index in [4.69, 9.17) is 0 Å². The number of carbonyl (C=O) groups excluding carboxylic acids is 2. The number of carbonyl (C=O) groups is 2. The molecule has 0 saturated heterocycles. The van der Waals surface area contributed by atoms with Crippen LogP contribution in [0.25, 0.3) is 10.9 Å². The third-order valence-corrected chi connectivity index (χ3v) is 4.68. The molecule has 1 saturated carbocycles. The lowest BCUT2D eigenvalue weighted by Crippen LogP contribution is -2.35. The SMILES string of the molecule is O=C(Nc1ccc(F)c(F)c1)C1(C(=O)Nc2cccc3cccnc23)CC1. The predicted molar refractivity (Wildman–Crippen MR) is 97.0 cm³/mol. The first-order chi connectivity index (χ1) is 13.0. The fourth-order valence-corrected chi connectivity index (χ4v) is 2.95. The molecule has 2 N–H and O–H groups in total. The highest BCUT2D eigenvalue weighted by Gasteiger charge is 2.56. The summed E-state index contributed by atoms with van der Waals surface area (Å²) in [6.45, 7) is 0. The second-order valence-electron chi connectivity index (χ2n) is 6.50. The van der Waals surface area contributed by atoms with Crippen molar-refractivity contribution < 1.29 is 18.4 Å².